The van der Waals surface area contributed by atoms with Crippen molar-refractivity contribution in [2.24, 2.45) is 0 Å². The Labute approximate surface area is 137 Å². The molecule has 0 spiro atoms. The van der Waals surface area contributed by atoms with Crippen molar-refractivity contribution in [2.75, 3.05) is 0 Å². The van der Waals surface area contributed by atoms with Crippen LogP contribution in [0.3, 0.4) is 0 Å². The van der Waals surface area contributed by atoms with E-state index in [1.165, 1.54) is 27.8 Å². The Balaban J connectivity index is 1.78. The quantitative estimate of drug-likeness (QED) is 0.540. The average molecular weight is 294 g/mol. The van der Waals surface area contributed by atoms with E-state index in [1.54, 1.807) is 0 Å². The molecule has 0 aliphatic heterocycles. The van der Waals surface area contributed by atoms with Gasteiger partial charge in [-0.2, -0.15) is 0 Å². The molecule has 0 amide bonds. The van der Waals surface area contributed by atoms with Crippen LogP contribution in [0.2, 0.25) is 0 Å². The molecule has 0 heterocycles. The van der Waals surface area contributed by atoms with Crippen molar-refractivity contribution in [1.82, 2.24) is 0 Å². The van der Waals surface area contributed by atoms with E-state index >= 15 is 0 Å². The fourth-order valence-electron chi connectivity index (χ4n) is 3.51. The van der Waals surface area contributed by atoms with Gasteiger partial charge in [0, 0.05) is 6.42 Å². The molecule has 0 radical (unpaired) electrons. The first kappa shape index (κ1) is 13.9. The molecule has 3 aromatic carbocycles. The lowest BCUT2D eigenvalue weighted by Crippen LogP contribution is -2.18. The molecule has 0 saturated carbocycles. The molecule has 0 fully saturated rings. The first-order valence-electron chi connectivity index (χ1n) is 8.02. The zero-order chi connectivity index (χ0) is 15.7. The summed E-state index contributed by atoms with van der Waals surface area (Å²) in [5.74, 6) is 6.98. The van der Waals surface area contributed by atoms with Crippen molar-refractivity contribution in [3.05, 3.63) is 95.6 Å². The van der Waals surface area contributed by atoms with E-state index < -0.39 is 0 Å². The molecule has 4 rings (SSSR count). The van der Waals surface area contributed by atoms with Gasteiger partial charge >= 0.3 is 0 Å². The topological polar surface area (TPSA) is 0 Å². The summed E-state index contributed by atoms with van der Waals surface area (Å²) in [6.07, 6.45) is 0.792. The smallest absolute Gasteiger partial charge is 0.0795 e. The Morgan fingerprint density at radius 3 is 1.83 bits per heavy atom. The number of fused-ring (bicyclic) bond motifs is 3. The van der Waals surface area contributed by atoms with Gasteiger partial charge in [-0.1, -0.05) is 90.7 Å². The molecular formula is C23H18. The van der Waals surface area contributed by atoms with Gasteiger partial charge in [0.15, 0.2) is 0 Å². The second kappa shape index (κ2) is 5.45. The van der Waals surface area contributed by atoms with E-state index in [-0.39, 0.29) is 5.41 Å². The van der Waals surface area contributed by atoms with Crippen LogP contribution in [0, 0.1) is 11.8 Å². The van der Waals surface area contributed by atoms with Crippen molar-refractivity contribution >= 4 is 0 Å². The molecule has 0 unspecified atom stereocenters. The fourth-order valence-corrected chi connectivity index (χ4v) is 3.51. The molecule has 1 aliphatic carbocycles. The van der Waals surface area contributed by atoms with Gasteiger partial charge in [0.25, 0.3) is 0 Å². The molecule has 3 aromatic rings. The first-order chi connectivity index (χ1) is 11.3. The molecule has 1 aliphatic rings. The molecule has 0 aromatic heterocycles. The second-order valence-electron chi connectivity index (χ2n) is 6.18. The third-order valence-corrected chi connectivity index (χ3v) is 4.70. The summed E-state index contributed by atoms with van der Waals surface area (Å²) in [5.41, 5.74) is 6.33. The van der Waals surface area contributed by atoms with Crippen molar-refractivity contribution in [3.63, 3.8) is 0 Å². The predicted octanol–water partition coefficient (Wildman–Crippen LogP) is 5.22. The Morgan fingerprint density at radius 2 is 1.22 bits per heavy atom. The zero-order valence-electron chi connectivity index (χ0n) is 13.2. The van der Waals surface area contributed by atoms with Crippen LogP contribution in [0.15, 0.2) is 78.9 Å². The minimum absolute atomic E-state index is 0.220. The summed E-state index contributed by atoms with van der Waals surface area (Å²) in [5, 5.41) is 0. The standard InChI is InChI=1S/C23H18/c1-23(17-9-12-18-10-3-2-4-11-18)21-15-7-5-13-19(21)20-14-6-8-16-22(20)23/h2-8,10-11,13-16H,12H2,1H3. The second-order valence-corrected chi connectivity index (χ2v) is 6.18. The van der Waals surface area contributed by atoms with Crippen LogP contribution in [-0.2, 0) is 11.8 Å². The third-order valence-electron chi connectivity index (χ3n) is 4.70. The molecule has 0 heteroatoms. The summed E-state index contributed by atoms with van der Waals surface area (Å²) in [6, 6.07) is 27.7. The van der Waals surface area contributed by atoms with Gasteiger partial charge in [-0.3, -0.25) is 0 Å². The van der Waals surface area contributed by atoms with Gasteiger partial charge in [-0.25, -0.2) is 0 Å². The average Bonchev–Trinajstić information content (AvgIpc) is 2.86. The molecule has 0 nitrogen and oxygen atoms in total. The normalized spacial score (nSPS) is 13.6. The molecule has 0 bridgehead atoms. The Kier molecular flexibility index (Phi) is 3.28. The van der Waals surface area contributed by atoms with Crippen molar-refractivity contribution in [3.8, 4) is 23.0 Å². The molecule has 0 saturated heterocycles. The van der Waals surface area contributed by atoms with Crippen LogP contribution in [0.1, 0.15) is 23.6 Å². The van der Waals surface area contributed by atoms with Gasteiger partial charge in [0.2, 0.25) is 0 Å². The molecule has 23 heavy (non-hydrogen) atoms. The largest absolute Gasteiger partial charge is 0.0972 e. The van der Waals surface area contributed by atoms with E-state index in [2.05, 4.69) is 91.6 Å². The highest BCUT2D eigenvalue weighted by Crippen LogP contribution is 2.48. The number of rotatable bonds is 1. The van der Waals surface area contributed by atoms with Crippen molar-refractivity contribution in [1.29, 1.82) is 0 Å². The van der Waals surface area contributed by atoms with Gasteiger partial charge in [-0.05, 0) is 34.7 Å². The lowest BCUT2D eigenvalue weighted by molar-refractivity contribution is 0.777. The third kappa shape index (κ3) is 2.26. The summed E-state index contributed by atoms with van der Waals surface area (Å²) in [7, 11) is 0. The van der Waals surface area contributed by atoms with Gasteiger partial charge in [0.05, 0.1) is 5.41 Å². The molecule has 110 valence electrons. The summed E-state index contributed by atoms with van der Waals surface area (Å²) in [4.78, 5) is 0. The zero-order valence-corrected chi connectivity index (χ0v) is 13.2. The van der Waals surface area contributed by atoms with E-state index in [4.69, 9.17) is 0 Å². The van der Waals surface area contributed by atoms with E-state index in [1.807, 2.05) is 6.07 Å². The summed E-state index contributed by atoms with van der Waals surface area (Å²) < 4.78 is 0. The Bertz CT molecular complexity index is 862. The fraction of sp³-hybridized carbons (Fsp3) is 0.130. The molecule has 0 N–H and O–H groups in total. The Hall–Kier alpha value is -2.78. The minimum atomic E-state index is -0.220. The Morgan fingerprint density at radius 1 is 0.696 bits per heavy atom. The first-order valence-corrected chi connectivity index (χ1v) is 8.02. The van der Waals surface area contributed by atoms with Gasteiger partial charge < -0.3 is 0 Å². The highest BCUT2D eigenvalue weighted by atomic mass is 14.4. The maximum Gasteiger partial charge on any atom is 0.0795 e. The van der Waals surface area contributed by atoms with Crippen LogP contribution in [0.25, 0.3) is 11.1 Å². The predicted molar refractivity (Wildman–Crippen MR) is 96.3 cm³/mol. The van der Waals surface area contributed by atoms with Crippen LogP contribution in [0.4, 0.5) is 0 Å². The summed E-state index contributed by atoms with van der Waals surface area (Å²) >= 11 is 0. The monoisotopic (exact) mass is 294 g/mol. The SMILES string of the molecule is CC1(C#CCc2ccccc2)c2ccccc2-c2ccccc21. The summed E-state index contributed by atoms with van der Waals surface area (Å²) in [6.45, 7) is 2.25. The number of hydrogen-bond acceptors (Lipinski definition) is 0. The number of benzene rings is 3. The van der Waals surface area contributed by atoms with Crippen LogP contribution < -0.4 is 0 Å². The van der Waals surface area contributed by atoms with E-state index in [9.17, 15) is 0 Å². The van der Waals surface area contributed by atoms with Gasteiger partial charge in [0.1, 0.15) is 0 Å². The lowest BCUT2D eigenvalue weighted by atomic mass is 9.81. The highest BCUT2D eigenvalue weighted by Gasteiger charge is 2.37. The van der Waals surface area contributed by atoms with Gasteiger partial charge in [-0.15, -0.1) is 0 Å². The highest BCUT2D eigenvalue weighted by molar-refractivity contribution is 5.82. The van der Waals surface area contributed by atoms with Crippen LogP contribution in [0.5, 0.6) is 0 Å². The van der Waals surface area contributed by atoms with E-state index in [0.717, 1.165) is 6.42 Å². The van der Waals surface area contributed by atoms with Crippen LogP contribution in [-0.4, -0.2) is 0 Å². The molecule has 0 atom stereocenters. The van der Waals surface area contributed by atoms with E-state index in [0.29, 0.717) is 0 Å². The minimum Gasteiger partial charge on any atom is -0.0972 e. The van der Waals surface area contributed by atoms with Crippen LogP contribution >= 0.6 is 0 Å². The molecular weight excluding hydrogens is 276 g/mol. The lowest BCUT2D eigenvalue weighted by Gasteiger charge is -2.20. The van der Waals surface area contributed by atoms with Crippen molar-refractivity contribution in [2.45, 2.75) is 18.8 Å². The van der Waals surface area contributed by atoms with Crippen molar-refractivity contribution < 1.29 is 0 Å². The maximum atomic E-state index is 3.57. The maximum absolute atomic E-state index is 3.57. The number of hydrogen-bond donors (Lipinski definition) is 0.